The fourth-order valence-corrected chi connectivity index (χ4v) is 3.94. The minimum absolute atomic E-state index is 0.0464. The summed E-state index contributed by atoms with van der Waals surface area (Å²) in [7, 11) is 2.11. The van der Waals surface area contributed by atoms with Crippen molar-refractivity contribution >= 4 is 23.2 Å². The molecule has 3 aromatic rings. The fourth-order valence-electron chi connectivity index (χ4n) is 3.78. The number of anilines is 1. The Bertz CT molecular complexity index is 1120. The molecular weight excluding hydrogens is 432 g/mol. The molecule has 3 N–H and O–H groups in total. The summed E-state index contributed by atoms with van der Waals surface area (Å²) in [6.07, 6.45) is 0. The van der Waals surface area contributed by atoms with Gasteiger partial charge in [0.15, 0.2) is 11.5 Å². The maximum atomic E-state index is 12.7. The lowest BCUT2D eigenvalue weighted by atomic mass is 9.98. The highest BCUT2D eigenvalue weighted by molar-refractivity contribution is 6.32. The predicted octanol–water partition coefficient (Wildman–Crippen LogP) is 3.57. The zero-order valence-corrected chi connectivity index (χ0v) is 18.7. The van der Waals surface area contributed by atoms with Gasteiger partial charge >= 0.3 is 0 Å². The number of nitrogens with zero attached hydrogens (tertiary/aromatic N) is 3. The summed E-state index contributed by atoms with van der Waals surface area (Å²) in [4.78, 5) is 17.3. The average Bonchev–Trinajstić information content (AvgIpc) is 3.22. The number of rotatable bonds is 5. The Balaban J connectivity index is 1.77. The van der Waals surface area contributed by atoms with Crippen LogP contribution >= 0.6 is 11.6 Å². The largest absolute Gasteiger partial charge is 0.507 e. The van der Waals surface area contributed by atoms with Gasteiger partial charge in [-0.3, -0.25) is 4.79 Å². The first-order valence-corrected chi connectivity index (χ1v) is 10.8. The van der Waals surface area contributed by atoms with Crippen molar-refractivity contribution < 1.29 is 19.5 Å². The van der Waals surface area contributed by atoms with E-state index in [4.69, 9.17) is 16.1 Å². The monoisotopic (exact) mass is 456 g/mol. The number of carbonyl (C=O) groups is 1. The van der Waals surface area contributed by atoms with Gasteiger partial charge in [-0.05, 0) is 37.7 Å². The van der Waals surface area contributed by atoms with E-state index in [1.807, 2.05) is 31.2 Å². The Hall–Kier alpha value is -3.23. The zero-order chi connectivity index (χ0) is 22.8. The number of piperazine rings is 1. The van der Waals surface area contributed by atoms with Gasteiger partial charge in [0.1, 0.15) is 11.5 Å². The van der Waals surface area contributed by atoms with Crippen LogP contribution in [0.4, 0.5) is 5.69 Å². The van der Waals surface area contributed by atoms with Crippen molar-refractivity contribution in [2.45, 2.75) is 6.92 Å². The Labute approximate surface area is 191 Å². The lowest BCUT2D eigenvalue weighted by Crippen LogP contribution is -2.44. The van der Waals surface area contributed by atoms with Crippen LogP contribution in [0.3, 0.4) is 0 Å². The molecule has 1 amide bonds. The highest BCUT2D eigenvalue weighted by atomic mass is 35.5. The van der Waals surface area contributed by atoms with Gasteiger partial charge in [-0.2, -0.15) is 0 Å². The first-order valence-electron chi connectivity index (χ1n) is 10.4. The molecule has 1 aliphatic heterocycles. The summed E-state index contributed by atoms with van der Waals surface area (Å²) in [6, 6.07) is 10.3. The third-order valence-electron chi connectivity index (χ3n) is 5.58. The lowest BCUT2D eigenvalue weighted by Gasteiger charge is -2.34. The van der Waals surface area contributed by atoms with Gasteiger partial charge in [-0.1, -0.05) is 28.9 Å². The van der Waals surface area contributed by atoms with Gasteiger partial charge in [-0.25, -0.2) is 0 Å². The molecule has 0 radical (unpaired) electrons. The zero-order valence-electron chi connectivity index (χ0n) is 17.9. The summed E-state index contributed by atoms with van der Waals surface area (Å²) in [5, 5.41) is 27.0. The van der Waals surface area contributed by atoms with E-state index in [0.717, 1.165) is 37.9 Å². The number of carbonyl (C=O) groups excluding carboxylic acids is 1. The van der Waals surface area contributed by atoms with Gasteiger partial charge in [0.05, 0.1) is 16.1 Å². The summed E-state index contributed by atoms with van der Waals surface area (Å²) < 4.78 is 5.51. The van der Waals surface area contributed by atoms with Crippen LogP contribution in [-0.4, -0.2) is 65.9 Å². The minimum Gasteiger partial charge on any atom is -0.507 e. The highest BCUT2D eigenvalue weighted by Crippen LogP contribution is 2.43. The number of hydrogen-bond acceptors (Lipinski definition) is 7. The molecule has 0 saturated carbocycles. The summed E-state index contributed by atoms with van der Waals surface area (Å²) in [5.41, 5.74) is 2.59. The van der Waals surface area contributed by atoms with Gasteiger partial charge in [0.2, 0.25) is 0 Å². The van der Waals surface area contributed by atoms with E-state index in [-0.39, 0.29) is 39.4 Å². The van der Waals surface area contributed by atoms with Crippen molar-refractivity contribution in [3.63, 3.8) is 0 Å². The normalized spacial score (nSPS) is 14.5. The minimum atomic E-state index is -0.384. The molecule has 1 fully saturated rings. The van der Waals surface area contributed by atoms with Crippen molar-refractivity contribution in [2.75, 3.05) is 44.7 Å². The molecule has 0 bridgehead atoms. The maximum absolute atomic E-state index is 12.7. The number of hydrogen-bond donors (Lipinski definition) is 3. The van der Waals surface area contributed by atoms with Crippen LogP contribution in [0.2, 0.25) is 5.02 Å². The van der Waals surface area contributed by atoms with Crippen molar-refractivity contribution in [1.82, 2.24) is 15.4 Å². The predicted molar refractivity (Wildman–Crippen MR) is 123 cm³/mol. The van der Waals surface area contributed by atoms with Crippen molar-refractivity contribution in [2.24, 2.45) is 0 Å². The molecule has 8 nitrogen and oxygen atoms in total. The number of amides is 1. The van der Waals surface area contributed by atoms with E-state index >= 15 is 0 Å². The topological polar surface area (TPSA) is 102 Å². The number of nitrogens with one attached hydrogen (secondary N) is 1. The highest BCUT2D eigenvalue weighted by Gasteiger charge is 2.26. The molecule has 0 atom stereocenters. The second-order valence-electron chi connectivity index (χ2n) is 7.75. The maximum Gasteiger partial charge on any atom is 0.274 e. The van der Waals surface area contributed by atoms with E-state index in [9.17, 15) is 15.0 Å². The molecule has 1 aromatic heterocycles. The van der Waals surface area contributed by atoms with E-state index in [0.29, 0.717) is 17.7 Å². The smallest absolute Gasteiger partial charge is 0.274 e. The number of phenolic OH excluding ortho intramolecular Hbond substituents is 2. The van der Waals surface area contributed by atoms with Crippen LogP contribution in [-0.2, 0) is 0 Å². The SMILES string of the molecule is CCNC(=O)c1noc(-c2cc(Cl)c(O)cc2O)c1-c1ccc(N2CCN(C)CC2)cc1. The first-order chi connectivity index (χ1) is 15.4. The molecule has 0 spiro atoms. The Morgan fingerprint density at radius 3 is 2.47 bits per heavy atom. The first kappa shape index (κ1) is 22.0. The van der Waals surface area contributed by atoms with Gasteiger partial charge in [0.25, 0.3) is 5.91 Å². The van der Waals surface area contributed by atoms with Crippen LogP contribution in [0.5, 0.6) is 11.5 Å². The lowest BCUT2D eigenvalue weighted by molar-refractivity contribution is 0.0947. The second-order valence-corrected chi connectivity index (χ2v) is 8.16. The summed E-state index contributed by atoms with van der Waals surface area (Å²) in [5.74, 6) is -0.682. The number of halogens is 1. The molecule has 0 unspecified atom stereocenters. The average molecular weight is 457 g/mol. The molecule has 2 heterocycles. The van der Waals surface area contributed by atoms with Crippen LogP contribution in [0.1, 0.15) is 17.4 Å². The van der Waals surface area contributed by atoms with Crippen LogP contribution in [0.15, 0.2) is 40.9 Å². The molecule has 1 saturated heterocycles. The van der Waals surface area contributed by atoms with Crippen molar-refractivity contribution in [3.8, 4) is 33.9 Å². The standard InChI is InChI=1S/C23H25ClN4O4/c1-3-25-23(31)21-20(22(32-26-21)16-12-17(24)19(30)13-18(16)29)14-4-6-15(7-5-14)28-10-8-27(2)9-11-28/h4-7,12-13,29-30H,3,8-11H2,1-2H3,(H,25,31). The molecule has 4 rings (SSSR count). The third kappa shape index (κ3) is 4.24. The van der Waals surface area contributed by atoms with Crippen molar-refractivity contribution in [3.05, 3.63) is 47.1 Å². The van der Waals surface area contributed by atoms with E-state index in [1.165, 1.54) is 6.07 Å². The number of phenols is 2. The molecule has 9 heteroatoms. The molecule has 0 aliphatic carbocycles. The van der Waals surface area contributed by atoms with Gasteiger partial charge in [0, 0.05) is 44.5 Å². The molecule has 32 heavy (non-hydrogen) atoms. The quantitative estimate of drug-likeness (QED) is 0.539. The van der Waals surface area contributed by atoms with E-state index in [2.05, 4.69) is 27.3 Å². The summed E-state index contributed by atoms with van der Waals surface area (Å²) >= 11 is 6.06. The van der Waals surface area contributed by atoms with Crippen molar-refractivity contribution in [1.29, 1.82) is 0 Å². The third-order valence-corrected chi connectivity index (χ3v) is 5.88. The fraction of sp³-hybridized carbons (Fsp3) is 0.304. The second kappa shape index (κ2) is 9.10. The van der Waals surface area contributed by atoms with Crippen LogP contribution in [0.25, 0.3) is 22.5 Å². The number of aromatic nitrogens is 1. The molecule has 1 aliphatic rings. The van der Waals surface area contributed by atoms with Crippen LogP contribution < -0.4 is 10.2 Å². The number of benzene rings is 2. The van der Waals surface area contributed by atoms with Gasteiger partial charge < -0.3 is 29.9 Å². The Morgan fingerprint density at radius 1 is 1.12 bits per heavy atom. The Kier molecular flexibility index (Phi) is 6.25. The van der Waals surface area contributed by atoms with E-state index in [1.54, 1.807) is 0 Å². The van der Waals surface area contributed by atoms with Crippen LogP contribution in [0, 0.1) is 0 Å². The number of likely N-dealkylation sites (N-methyl/N-ethyl adjacent to an activating group) is 1. The Morgan fingerprint density at radius 2 is 1.81 bits per heavy atom. The number of aromatic hydroxyl groups is 2. The van der Waals surface area contributed by atoms with E-state index < -0.39 is 0 Å². The van der Waals surface area contributed by atoms with Gasteiger partial charge in [-0.15, -0.1) is 0 Å². The summed E-state index contributed by atoms with van der Waals surface area (Å²) in [6.45, 7) is 6.13. The molecule has 168 valence electrons. The molecule has 2 aromatic carbocycles. The molecular formula is C23H25ClN4O4.